The summed E-state index contributed by atoms with van der Waals surface area (Å²) >= 11 is 0. The molecule has 4 rings (SSSR count). The zero-order valence-corrected chi connectivity index (χ0v) is 16.5. The van der Waals surface area contributed by atoms with Crippen LogP contribution in [0, 0.1) is 12.7 Å². The van der Waals surface area contributed by atoms with E-state index in [1.165, 1.54) is 17.7 Å². The molecule has 150 valence electrons. The highest BCUT2D eigenvalue weighted by Crippen LogP contribution is 2.29. The van der Waals surface area contributed by atoms with E-state index in [2.05, 4.69) is 41.3 Å². The highest BCUT2D eigenvalue weighted by Gasteiger charge is 2.32. The second-order valence-corrected chi connectivity index (χ2v) is 7.61. The number of benzene rings is 2. The van der Waals surface area contributed by atoms with E-state index in [1.807, 2.05) is 4.90 Å². The molecule has 1 saturated carbocycles. The standard InChI is InChI=1S/C23H24FN3O2/c1-16-5-7-17(8-6-16)15-27(20-13-14-20)22(28)4-2-3-21-25-23(26-29-21)18-9-11-19(24)12-10-18/h5-12,20H,2-4,13-15H2,1H3. The number of aryl methyl sites for hydroxylation is 2. The molecule has 0 unspecified atom stereocenters. The Labute approximate surface area is 169 Å². The van der Waals surface area contributed by atoms with Crippen LogP contribution in [0.2, 0.25) is 0 Å². The maximum absolute atomic E-state index is 13.0. The van der Waals surface area contributed by atoms with Gasteiger partial charge in [0.15, 0.2) is 0 Å². The van der Waals surface area contributed by atoms with Crippen molar-refractivity contribution in [1.82, 2.24) is 15.0 Å². The molecule has 0 N–H and O–H groups in total. The van der Waals surface area contributed by atoms with E-state index < -0.39 is 0 Å². The van der Waals surface area contributed by atoms with Crippen LogP contribution in [0.15, 0.2) is 53.1 Å². The Morgan fingerprint density at radius 2 is 1.86 bits per heavy atom. The Kier molecular flexibility index (Phi) is 5.69. The molecule has 0 radical (unpaired) electrons. The Hall–Kier alpha value is -3.02. The number of halogens is 1. The molecule has 0 atom stereocenters. The first kappa shape index (κ1) is 19.3. The molecule has 5 nitrogen and oxygen atoms in total. The van der Waals surface area contributed by atoms with Crippen molar-refractivity contribution in [2.24, 2.45) is 0 Å². The van der Waals surface area contributed by atoms with Crippen molar-refractivity contribution in [3.8, 4) is 11.4 Å². The summed E-state index contributed by atoms with van der Waals surface area (Å²) in [7, 11) is 0. The first-order chi connectivity index (χ1) is 14.1. The van der Waals surface area contributed by atoms with Crippen molar-refractivity contribution < 1.29 is 13.7 Å². The fourth-order valence-electron chi connectivity index (χ4n) is 3.30. The molecular weight excluding hydrogens is 369 g/mol. The van der Waals surface area contributed by atoms with Gasteiger partial charge < -0.3 is 9.42 Å². The molecular formula is C23H24FN3O2. The number of aromatic nitrogens is 2. The van der Waals surface area contributed by atoms with Gasteiger partial charge in [-0.2, -0.15) is 4.98 Å². The average Bonchev–Trinajstić information content (AvgIpc) is 3.46. The van der Waals surface area contributed by atoms with Crippen LogP contribution in [0.1, 0.15) is 42.7 Å². The van der Waals surface area contributed by atoms with Crippen molar-refractivity contribution in [1.29, 1.82) is 0 Å². The molecule has 3 aromatic rings. The predicted octanol–water partition coefficient (Wildman–Crippen LogP) is 4.70. The molecule has 0 bridgehead atoms. The first-order valence-corrected chi connectivity index (χ1v) is 10.0. The molecule has 1 aromatic heterocycles. The van der Waals surface area contributed by atoms with E-state index in [1.54, 1.807) is 12.1 Å². The van der Waals surface area contributed by atoms with E-state index in [0.29, 0.717) is 49.1 Å². The third-order valence-electron chi connectivity index (χ3n) is 5.13. The molecule has 1 amide bonds. The Morgan fingerprint density at radius 3 is 2.55 bits per heavy atom. The lowest BCUT2D eigenvalue weighted by Gasteiger charge is -2.22. The van der Waals surface area contributed by atoms with Crippen LogP contribution in [-0.2, 0) is 17.8 Å². The van der Waals surface area contributed by atoms with Gasteiger partial charge in [-0.1, -0.05) is 35.0 Å². The Morgan fingerprint density at radius 1 is 1.14 bits per heavy atom. The van der Waals surface area contributed by atoms with Crippen molar-refractivity contribution in [2.75, 3.05) is 0 Å². The van der Waals surface area contributed by atoms with Gasteiger partial charge in [-0.05, 0) is 56.0 Å². The average molecular weight is 393 g/mol. The highest BCUT2D eigenvalue weighted by atomic mass is 19.1. The van der Waals surface area contributed by atoms with Gasteiger partial charge in [0.05, 0.1) is 0 Å². The summed E-state index contributed by atoms with van der Waals surface area (Å²) in [5.74, 6) is 0.798. The van der Waals surface area contributed by atoms with Gasteiger partial charge >= 0.3 is 0 Å². The second-order valence-electron chi connectivity index (χ2n) is 7.61. The van der Waals surface area contributed by atoms with E-state index >= 15 is 0 Å². The molecule has 6 heteroatoms. The third kappa shape index (κ3) is 5.08. The van der Waals surface area contributed by atoms with Gasteiger partial charge in [0.1, 0.15) is 5.82 Å². The molecule has 0 aliphatic heterocycles. The molecule has 29 heavy (non-hydrogen) atoms. The molecule has 0 spiro atoms. The minimum atomic E-state index is -0.304. The van der Waals surface area contributed by atoms with Crippen LogP contribution in [0.25, 0.3) is 11.4 Å². The molecule has 1 heterocycles. The summed E-state index contributed by atoms with van der Waals surface area (Å²) in [5.41, 5.74) is 3.09. The van der Waals surface area contributed by atoms with Crippen molar-refractivity contribution in [3.63, 3.8) is 0 Å². The quantitative estimate of drug-likeness (QED) is 0.557. The number of carbonyl (C=O) groups excluding carboxylic acids is 1. The van der Waals surface area contributed by atoms with Crippen molar-refractivity contribution >= 4 is 5.91 Å². The zero-order chi connectivity index (χ0) is 20.2. The van der Waals surface area contributed by atoms with Crippen molar-refractivity contribution in [2.45, 2.75) is 51.6 Å². The van der Waals surface area contributed by atoms with E-state index in [4.69, 9.17) is 4.52 Å². The summed E-state index contributed by atoms with van der Waals surface area (Å²) in [6.07, 6.45) is 3.82. The lowest BCUT2D eigenvalue weighted by atomic mass is 10.1. The number of hydrogen-bond donors (Lipinski definition) is 0. The largest absolute Gasteiger partial charge is 0.339 e. The van der Waals surface area contributed by atoms with Crippen LogP contribution in [0.3, 0.4) is 0 Å². The number of nitrogens with zero attached hydrogens (tertiary/aromatic N) is 3. The fraction of sp³-hybridized carbons (Fsp3) is 0.348. The summed E-state index contributed by atoms with van der Waals surface area (Å²) in [4.78, 5) is 19.1. The third-order valence-corrected chi connectivity index (χ3v) is 5.13. The Balaban J connectivity index is 1.30. The van der Waals surface area contributed by atoms with Gasteiger partial charge in [0.2, 0.25) is 17.6 Å². The molecule has 0 saturated heterocycles. The number of rotatable bonds is 8. The summed E-state index contributed by atoms with van der Waals surface area (Å²) in [6.45, 7) is 2.73. The van der Waals surface area contributed by atoms with Crippen LogP contribution in [-0.4, -0.2) is 27.0 Å². The first-order valence-electron chi connectivity index (χ1n) is 10.0. The minimum absolute atomic E-state index is 0.173. The topological polar surface area (TPSA) is 59.2 Å². The normalized spacial score (nSPS) is 13.4. The number of amides is 1. The predicted molar refractivity (Wildman–Crippen MR) is 107 cm³/mol. The van der Waals surface area contributed by atoms with Crippen LogP contribution < -0.4 is 0 Å². The molecule has 1 aliphatic rings. The van der Waals surface area contributed by atoms with E-state index in [-0.39, 0.29) is 11.7 Å². The maximum atomic E-state index is 13.0. The lowest BCUT2D eigenvalue weighted by Crippen LogP contribution is -2.32. The summed E-state index contributed by atoms with van der Waals surface area (Å²) < 4.78 is 18.3. The van der Waals surface area contributed by atoms with Crippen molar-refractivity contribution in [3.05, 3.63) is 71.4 Å². The van der Waals surface area contributed by atoms with E-state index in [9.17, 15) is 9.18 Å². The highest BCUT2D eigenvalue weighted by molar-refractivity contribution is 5.76. The monoisotopic (exact) mass is 393 g/mol. The van der Waals surface area contributed by atoms with Gasteiger partial charge in [0.25, 0.3) is 0 Å². The summed E-state index contributed by atoms with van der Waals surface area (Å²) in [6, 6.07) is 14.7. The molecule has 1 fully saturated rings. The van der Waals surface area contributed by atoms with Crippen LogP contribution in [0.4, 0.5) is 4.39 Å². The van der Waals surface area contributed by atoms with Gasteiger partial charge in [-0.15, -0.1) is 0 Å². The number of hydrogen-bond acceptors (Lipinski definition) is 4. The SMILES string of the molecule is Cc1ccc(CN(C(=O)CCCc2nc(-c3ccc(F)cc3)no2)C2CC2)cc1. The van der Waals surface area contributed by atoms with E-state index in [0.717, 1.165) is 18.4 Å². The van der Waals surface area contributed by atoms with Gasteiger partial charge in [0, 0.05) is 31.0 Å². The summed E-state index contributed by atoms with van der Waals surface area (Å²) in [5, 5.41) is 3.95. The van der Waals surface area contributed by atoms with Gasteiger partial charge in [-0.25, -0.2) is 4.39 Å². The van der Waals surface area contributed by atoms with Gasteiger partial charge in [-0.3, -0.25) is 4.79 Å². The smallest absolute Gasteiger partial charge is 0.226 e. The molecule has 2 aromatic carbocycles. The minimum Gasteiger partial charge on any atom is -0.339 e. The second kappa shape index (κ2) is 8.55. The number of carbonyl (C=O) groups is 1. The van der Waals surface area contributed by atoms with Crippen LogP contribution >= 0.6 is 0 Å². The maximum Gasteiger partial charge on any atom is 0.226 e. The zero-order valence-electron chi connectivity index (χ0n) is 16.5. The molecule has 1 aliphatic carbocycles. The fourth-order valence-corrected chi connectivity index (χ4v) is 3.30. The van der Waals surface area contributed by atoms with Crippen LogP contribution in [0.5, 0.6) is 0 Å². The lowest BCUT2D eigenvalue weighted by molar-refractivity contribution is -0.132. The Bertz CT molecular complexity index is 963.